The second kappa shape index (κ2) is 8.83. The molecular weight excluding hydrogens is 404 g/mol. The van der Waals surface area contributed by atoms with Gasteiger partial charge in [0.05, 0.1) is 17.3 Å². The Morgan fingerprint density at radius 3 is 2.50 bits per heavy atom. The predicted molar refractivity (Wildman–Crippen MR) is 123 cm³/mol. The fourth-order valence-electron chi connectivity index (χ4n) is 4.87. The highest BCUT2D eigenvalue weighted by molar-refractivity contribution is 5.84. The second-order valence-corrected chi connectivity index (χ2v) is 8.62. The average molecular weight is 432 g/mol. The summed E-state index contributed by atoms with van der Waals surface area (Å²) in [4.78, 5) is 7.28. The van der Waals surface area contributed by atoms with E-state index in [0.29, 0.717) is 0 Å². The number of benzene rings is 2. The molecule has 4 aromatic rings. The van der Waals surface area contributed by atoms with Crippen LogP contribution in [0.25, 0.3) is 10.9 Å². The molecule has 1 aliphatic rings. The summed E-state index contributed by atoms with van der Waals surface area (Å²) in [5, 5.41) is 1.13. The van der Waals surface area contributed by atoms with Crippen molar-refractivity contribution < 1.29 is 8.78 Å². The number of nitrogens with zero attached hydrogens (tertiary/aromatic N) is 3. The molecule has 1 atom stereocenters. The molecule has 2 aromatic carbocycles. The number of likely N-dealkylation sites (tertiary alicyclic amines) is 1. The smallest absolute Gasteiger partial charge is 0.125 e. The van der Waals surface area contributed by atoms with Gasteiger partial charge in [-0.3, -0.25) is 9.88 Å². The van der Waals surface area contributed by atoms with Crippen LogP contribution in [0.3, 0.4) is 0 Å². The van der Waals surface area contributed by atoms with Crippen molar-refractivity contribution >= 4 is 10.9 Å². The van der Waals surface area contributed by atoms with Crippen LogP contribution >= 0.6 is 0 Å². The van der Waals surface area contributed by atoms with Gasteiger partial charge >= 0.3 is 0 Å². The maximum atomic E-state index is 13.8. The molecule has 0 N–H and O–H groups in total. The number of hydrogen-bond donors (Lipinski definition) is 0. The van der Waals surface area contributed by atoms with Crippen molar-refractivity contribution in [1.29, 1.82) is 0 Å². The molecule has 0 radical (unpaired) electrons. The van der Waals surface area contributed by atoms with Gasteiger partial charge in [0, 0.05) is 30.9 Å². The van der Waals surface area contributed by atoms with Gasteiger partial charge in [0.1, 0.15) is 11.6 Å². The molecule has 32 heavy (non-hydrogen) atoms. The van der Waals surface area contributed by atoms with E-state index < -0.39 is 0 Å². The minimum Gasteiger partial charge on any atom is -0.347 e. The maximum Gasteiger partial charge on any atom is 0.125 e. The Labute approximate surface area is 187 Å². The van der Waals surface area contributed by atoms with Crippen LogP contribution in [0.2, 0.25) is 0 Å². The largest absolute Gasteiger partial charge is 0.347 e. The zero-order valence-electron chi connectivity index (χ0n) is 18.3. The summed E-state index contributed by atoms with van der Waals surface area (Å²) in [6.45, 7) is 4.77. The second-order valence-electron chi connectivity index (χ2n) is 8.62. The third-order valence-corrected chi connectivity index (χ3v) is 6.52. The van der Waals surface area contributed by atoms with Crippen LogP contribution in [0, 0.1) is 11.6 Å². The molecule has 5 heteroatoms. The van der Waals surface area contributed by atoms with E-state index in [1.54, 1.807) is 12.1 Å². The molecule has 164 valence electrons. The highest BCUT2D eigenvalue weighted by Crippen LogP contribution is 2.34. The molecule has 0 bridgehead atoms. The first kappa shape index (κ1) is 20.8. The lowest BCUT2D eigenvalue weighted by Gasteiger charge is -2.24. The molecule has 3 nitrogen and oxygen atoms in total. The minimum absolute atomic E-state index is 0.194. The highest BCUT2D eigenvalue weighted by atomic mass is 19.1. The van der Waals surface area contributed by atoms with Gasteiger partial charge in [-0.1, -0.05) is 18.2 Å². The number of fused-ring (bicyclic) bond motifs is 1. The topological polar surface area (TPSA) is 21.1 Å². The Kier molecular flexibility index (Phi) is 5.75. The standard InChI is InChI=1S/C27H27F2N3/c1-2-31-17-21(24-11-10-23(29)15-27(24)31)18-32-13-3-4-26(32)25-12-7-20(16-30-25)14-19-5-8-22(28)9-6-19/h5-12,15-17,26H,2-4,13-14,18H2,1H3/t26-/m1/s1. The fraction of sp³-hybridized carbons (Fsp3) is 0.296. The number of pyridine rings is 1. The van der Waals surface area contributed by atoms with Crippen molar-refractivity contribution in [1.82, 2.24) is 14.5 Å². The van der Waals surface area contributed by atoms with Crippen molar-refractivity contribution in [3.63, 3.8) is 0 Å². The summed E-state index contributed by atoms with van der Waals surface area (Å²) in [6.07, 6.45) is 7.09. The van der Waals surface area contributed by atoms with Crippen molar-refractivity contribution in [3.8, 4) is 0 Å². The van der Waals surface area contributed by atoms with E-state index >= 15 is 0 Å². The minimum atomic E-state index is -0.212. The summed E-state index contributed by atoms with van der Waals surface area (Å²) < 4.78 is 29.1. The predicted octanol–water partition coefficient (Wildman–Crippen LogP) is 6.26. The third kappa shape index (κ3) is 4.17. The first-order chi connectivity index (χ1) is 15.6. The third-order valence-electron chi connectivity index (χ3n) is 6.52. The normalized spacial score (nSPS) is 16.8. The van der Waals surface area contributed by atoms with Crippen molar-refractivity contribution in [2.75, 3.05) is 6.54 Å². The van der Waals surface area contributed by atoms with E-state index in [0.717, 1.165) is 66.6 Å². The zero-order valence-corrected chi connectivity index (χ0v) is 18.3. The molecule has 3 heterocycles. The Bertz CT molecular complexity index is 1210. The van der Waals surface area contributed by atoms with Crippen LogP contribution in [0.5, 0.6) is 0 Å². The van der Waals surface area contributed by atoms with E-state index in [9.17, 15) is 8.78 Å². The highest BCUT2D eigenvalue weighted by Gasteiger charge is 2.28. The molecule has 0 unspecified atom stereocenters. The molecule has 0 spiro atoms. The van der Waals surface area contributed by atoms with E-state index in [2.05, 4.69) is 34.7 Å². The fourth-order valence-corrected chi connectivity index (χ4v) is 4.87. The van der Waals surface area contributed by atoms with Gasteiger partial charge in [0.25, 0.3) is 0 Å². The van der Waals surface area contributed by atoms with Crippen molar-refractivity contribution in [2.24, 2.45) is 0 Å². The molecule has 1 saturated heterocycles. The van der Waals surface area contributed by atoms with Gasteiger partial charge in [0.2, 0.25) is 0 Å². The van der Waals surface area contributed by atoms with Crippen LogP contribution in [-0.4, -0.2) is 21.0 Å². The van der Waals surface area contributed by atoms with E-state index in [1.807, 2.05) is 24.4 Å². The molecule has 1 aliphatic heterocycles. The summed E-state index contributed by atoms with van der Waals surface area (Å²) in [5.41, 5.74) is 5.49. The first-order valence-corrected chi connectivity index (χ1v) is 11.3. The van der Waals surface area contributed by atoms with Crippen LogP contribution in [0.1, 0.15) is 48.2 Å². The molecule has 0 aliphatic carbocycles. The average Bonchev–Trinajstić information content (AvgIpc) is 3.40. The Morgan fingerprint density at radius 1 is 0.969 bits per heavy atom. The van der Waals surface area contributed by atoms with Crippen molar-refractivity contribution in [2.45, 2.75) is 45.3 Å². The monoisotopic (exact) mass is 431 g/mol. The number of aryl methyl sites for hydroxylation is 1. The van der Waals surface area contributed by atoms with Gasteiger partial charge in [-0.05, 0) is 85.8 Å². The maximum absolute atomic E-state index is 13.8. The molecule has 1 fully saturated rings. The number of rotatable bonds is 6. The number of aromatic nitrogens is 2. The SMILES string of the molecule is CCn1cc(CN2CCC[C@@H]2c2ccc(Cc3ccc(F)cc3)cn2)c2ccc(F)cc21. The van der Waals surface area contributed by atoms with Crippen LogP contribution < -0.4 is 0 Å². The quantitative estimate of drug-likeness (QED) is 0.359. The Morgan fingerprint density at radius 2 is 1.75 bits per heavy atom. The molecule has 2 aromatic heterocycles. The Balaban J connectivity index is 1.34. The molecule has 0 saturated carbocycles. The molecular formula is C27H27F2N3. The van der Waals surface area contributed by atoms with Crippen molar-refractivity contribution in [3.05, 3.63) is 101 Å². The number of hydrogen-bond acceptors (Lipinski definition) is 2. The van der Waals surface area contributed by atoms with Gasteiger partial charge in [-0.15, -0.1) is 0 Å². The van der Waals surface area contributed by atoms with E-state index in [-0.39, 0.29) is 17.7 Å². The summed E-state index contributed by atoms with van der Waals surface area (Å²) >= 11 is 0. The van der Waals surface area contributed by atoms with Crippen LogP contribution in [0.4, 0.5) is 8.78 Å². The van der Waals surface area contributed by atoms with Gasteiger partial charge < -0.3 is 4.57 Å². The van der Waals surface area contributed by atoms with Gasteiger partial charge in [-0.2, -0.15) is 0 Å². The van der Waals surface area contributed by atoms with Gasteiger partial charge in [0.15, 0.2) is 0 Å². The van der Waals surface area contributed by atoms with E-state index in [4.69, 9.17) is 4.98 Å². The summed E-state index contributed by atoms with van der Waals surface area (Å²) in [6, 6.07) is 16.3. The van der Waals surface area contributed by atoms with Crippen LogP contribution in [-0.2, 0) is 19.5 Å². The Hall–Kier alpha value is -3.05. The molecule has 0 amide bonds. The number of halogens is 2. The lowest BCUT2D eigenvalue weighted by atomic mass is 10.0. The van der Waals surface area contributed by atoms with E-state index in [1.165, 1.54) is 17.7 Å². The summed E-state index contributed by atoms with van der Waals surface area (Å²) in [7, 11) is 0. The van der Waals surface area contributed by atoms with Gasteiger partial charge in [-0.25, -0.2) is 8.78 Å². The lowest BCUT2D eigenvalue weighted by molar-refractivity contribution is 0.245. The molecule has 5 rings (SSSR count). The summed E-state index contributed by atoms with van der Waals surface area (Å²) in [5.74, 6) is -0.406. The van der Waals surface area contributed by atoms with Crippen LogP contribution in [0.15, 0.2) is 67.0 Å². The lowest BCUT2D eigenvalue weighted by Crippen LogP contribution is -2.23. The first-order valence-electron chi connectivity index (χ1n) is 11.3. The zero-order chi connectivity index (χ0) is 22.1.